The lowest BCUT2D eigenvalue weighted by atomic mass is 10.0. The molecule has 0 fully saturated rings. The second kappa shape index (κ2) is 6.65. The number of phenolic OH excluding ortho intramolecular Hbond substituents is 1. The van der Waals surface area contributed by atoms with Gasteiger partial charge in [-0.2, -0.15) is 0 Å². The maximum absolute atomic E-state index is 9.24. The molecule has 0 bridgehead atoms. The van der Waals surface area contributed by atoms with Crippen LogP contribution in [0.15, 0.2) is 24.3 Å². The summed E-state index contributed by atoms with van der Waals surface area (Å²) in [6.07, 6.45) is 2.27. The second-order valence-electron chi connectivity index (χ2n) is 5.17. The molecule has 17 heavy (non-hydrogen) atoms. The predicted molar refractivity (Wildman–Crippen MR) is 73.4 cm³/mol. The summed E-state index contributed by atoms with van der Waals surface area (Å²) in [4.78, 5) is 2.42. The standard InChI is InChI=1S/C15H25NO/c1-5-12(2)11-16(4)13(3)10-14-6-8-15(17)9-7-14/h6-9,12-13,17H,5,10-11H2,1-4H3. The SMILES string of the molecule is CCC(C)CN(C)C(C)Cc1ccc(O)cc1. The number of phenols is 1. The third-order valence-electron chi connectivity index (χ3n) is 3.52. The van der Waals surface area contributed by atoms with Crippen molar-refractivity contribution in [3.8, 4) is 5.75 Å². The fraction of sp³-hybridized carbons (Fsp3) is 0.600. The van der Waals surface area contributed by atoms with Crippen LogP contribution in [0.2, 0.25) is 0 Å². The van der Waals surface area contributed by atoms with Crippen LogP contribution in [0.25, 0.3) is 0 Å². The predicted octanol–water partition coefficient (Wildman–Crippen LogP) is 3.30. The molecule has 0 aliphatic rings. The Kier molecular flexibility index (Phi) is 5.49. The lowest BCUT2D eigenvalue weighted by Crippen LogP contribution is -2.34. The number of hydrogen-bond donors (Lipinski definition) is 1. The maximum Gasteiger partial charge on any atom is 0.115 e. The van der Waals surface area contributed by atoms with E-state index < -0.39 is 0 Å². The molecule has 1 rings (SSSR count). The van der Waals surface area contributed by atoms with Crippen LogP contribution in [-0.4, -0.2) is 29.6 Å². The lowest BCUT2D eigenvalue weighted by Gasteiger charge is -2.27. The Bertz CT molecular complexity index is 320. The highest BCUT2D eigenvalue weighted by atomic mass is 16.3. The second-order valence-corrected chi connectivity index (χ2v) is 5.17. The van der Waals surface area contributed by atoms with Gasteiger partial charge >= 0.3 is 0 Å². The number of rotatable bonds is 6. The fourth-order valence-electron chi connectivity index (χ4n) is 1.93. The largest absolute Gasteiger partial charge is 0.508 e. The van der Waals surface area contributed by atoms with Crippen LogP contribution in [0.5, 0.6) is 5.75 Å². The number of benzene rings is 1. The van der Waals surface area contributed by atoms with E-state index in [2.05, 4.69) is 32.7 Å². The van der Waals surface area contributed by atoms with E-state index in [-0.39, 0.29) is 0 Å². The summed E-state index contributed by atoms with van der Waals surface area (Å²) in [5, 5.41) is 9.24. The van der Waals surface area contributed by atoms with Gasteiger partial charge in [0.15, 0.2) is 0 Å². The van der Waals surface area contributed by atoms with Crippen LogP contribution >= 0.6 is 0 Å². The van der Waals surface area contributed by atoms with Crippen LogP contribution in [0, 0.1) is 5.92 Å². The van der Waals surface area contributed by atoms with E-state index in [1.54, 1.807) is 12.1 Å². The third-order valence-corrected chi connectivity index (χ3v) is 3.52. The van der Waals surface area contributed by atoms with E-state index in [1.165, 1.54) is 12.0 Å². The summed E-state index contributed by atoms with van der Waals surface area (Å²) in [7, 11) is 2.19. The molecule has 2 atom stereocenters. The first kappa shape index (κ1) is 14.0. The zero-order chi connectivity index (χ0) is 12.8. The number of hydrogen-bond acceptors (Lipinski definition) is 2. The molecule has 0 aliphatic carbocycles. The van der Waals surface area contributed by atoms with Crippen molar-refractivity contribution in [2.75, 3.05) is 13.6 Å². The van der Waals surface area contributed by atoms with Gasteiger partial charge in [0.2, 0.25) is 0 Å². The van der Waals surface area contributed by atoms with Crippen molar-refractivity contribution in [2.45, 2.75) is 39.7 Å². The molecule has 1 N–H and O–H groups in total. The molecule has 2 heteroatoms. The van der Waals surface area contributed by atoms with Gasteiger partial charge in [-0.3, -0.25) is 0 Å². The van der Waals surface area contributed by atoms with E-state index in [9.17, 15) is 5.11 Å². The van der Waals surface area contributed by atoms with Crippen molar-refractivity contribution in [2.24, 2.45) is 5.92 Å². The molecule has 0 amide bonds. The molecule has 2 unspecified atom stereocenters. The highest BCUT2D eigenvalue weighted by molar-refractivity contribution is 5.26. The van der Waals surface area contributed by atoms with Crippen molar-refractivity contribution >= 4 is 0 Å². The van der Waals surface area contributed by atoms with E-state index in [4.69, 9.17) is 0 Å². The Balaban J connectivity index is 2.47. The van der Waals surface area contributed by atoms with Crippen molar-refractivity contribution in [3.63, 3.8) is 0 Å². The summed E-state index contributed by atoms with van der Waals surface area (Å²) in [6, 6.07) is 8.06. The van der Waals surface area contributed by atoms with Gasteiger partial charge in [-0.25, -0.2) is 0 Å². The molecule has 0 heterocycles. The Labute approximate surface area is 105 Å². The summed E-state index contributed by atoms with van der Waals surface area (Å²) in [5.41, 5.74) is 1.28. The minimum Gasteiger partial charge on any atom is -0.508 e. The van der Waals surface area contributed by atoms with Gasteiger partial charge in [0.05, 0.1) is 0 Å². The van der Waals surface area contributed by atoms with Gasteiger partial charge in [0.25, 0.3) is 0 Å². The number of aromatic hydroxyl groups is 1. The molecule has 0 saturated carbocycles. The Morgan fingerprint density at radius 1 is 1.18 bits per heavy atom. The molecule has 0 saturated heterocycles. The van der Waals surface area contributed by atoms with Crippen LogP contribution in [0.4, 0.5) is 0 Å². The van der Waals surface area contributed by atoms with E-state index in [1.807, 2.05) is 12.1 Å². The normalized spacial score (nSPS) is 14.9. The average Bonchev–Trinajstić information content (AvgIpc) is 2.31. The zero-order valence-electron chi connectivity index (χ0n) is 11.5. The quantitative estimate of drug-likeness (QED) is 0.817. The summed E-state index contributed by atoms with van der Waals surface area (Å²) in [6.45, 7) is 7.94. The van der Waals surface area contributed by atoms with Gasteiger partial charge in [-0.15, -0.1) is 0 Å². The van der Waals surface area contributed by atoms with Crippen molar-refractivity contribution < 1.29 is 5.11 Å². The number of likely N-dealkylation sites (N-methyl/N-ethyl adjacent to an activating group) is 1. The van der Waals surface area contributed by atoms with Gasteiger partial charge in [-0.1, -0.05) is 32.4 Å². The van der Waals surface area contributed by atoms with Gasteiger partial charge < -0.3 is 10.0 Å². The van der Waals surface area contributed by atoms with E-state index in [0.717, 1.165) is 18.9 Å². The van der Waals surface area contributed by atoms with Crippen LogP contribution in [0.1, 0.15) is 32.8 Å². The highest BCUT2D eigenvalue weighted by Gasteiger charge is 2.12. The molecule has 96 valence electrons. The Hall–Kier alpha value is -1.02. The topological polar surface area (TPSA) is 23.5 Å². The highest BCUT2D eigenvalue weighted by Crippen LogP contribution is 2.14. The third kappa shape index (κ3) is 4.78. The fourth-order valence-corrected chi connectivity index (χ4v) is 1.93. The van der Waals surface area contributed by atoms with Crippen molar-refractivity contribution in [1.29, 1.82) is 0 Å². The molecule has 2 nitrogen and oxygen atoms in total. The molecule has 1 aromatic rings. The summed E-state index contributed by atoms with van der Waals surface area (Å²) < 4.78 is 0. The van der Waals surface area contributed by atoms with E-state index >= 15 is 0 Å². The summed E-state index contributed by atoms with van der Waals surface area (Å²) >= 11 is 0. The summed E-state index contributed by atoms with van der Waals surface area (Å²) in [5.74, 6) is 1.09. The van der Waals surface area contributed by atoms with Crippen molar-refractivity contribution in [3.05, 3.63) is 29.8 Å². The first-order valence-electron chi connectivity index (χ1n) is 6.51. The number of nitrogens with zero attached hydrogens (tertiary/aromatic N) is 1. The average molecular weight is 235 g/mol. The van der Waals surface area contributed by atoms with Gasteiger partial charge in [-0.05, 0) is 44.0 Å². The Morgan fingerprint density at radius 2 is 1.76 bits per heavy atom. The van der Waals surface area contributed by atoms with E-state index in [0.29, 0.717) is 11.8 Å². The molecular formula is C15H25NO. The Morgan fingerprint density at radius 3 is 2.29 bits per heavy atom. The molecule has 1 aromatic carbocycles. The van der Waals surface area contributed by atoms with Gasteiger partial charge in [0.1, 0.15) is 5.75 Å². The smallest absolute Gasteiger partial charge is 0.115 e. The van der Waals surface area contributed by atoms with Crippen LogP contribution in [0.3, 0.4) is 0 Å². The van der Waals surface area contributed by atoms with Gasteiger partial charge in [0, 0.05) is 12.6 Å². The molecule has 0 aromatic heterocycles. The molecular weight excluding hydrogens is 210 g/mol. The minimum absolute atomic E-state index is 0.342. The monoisotopic (exact) mass is 235 g/mol. The van der Waals surface area contributed by atoms with Crippen molar-refractivity contribution in [1.82, 2.24) is 4.90 Å². The van der Waals surface area contributed by atoms with Crippen LogP contribution < -0.4 is 0 Å². The molecule has 0 aliphatic heterocycles. The first-order chi connectivity index (χ1) is 8.02. The minimum atomic E-state index is 0.342. The first-order valence-corrected chi connectivity index (χ1v) is 6.51. The molecule has 0 radical (unpaired) electrons. The lowest BCUT2D eigenvalue weighted by molar-refractivity contribution is 0.220. The van der Waals surface area contributed by atoms with Crippen LogP contribution in [-0.2, 0) is 6.42 Å². The zero-order valence-corrected chi connectivity index (χ0v) is 11.5. The maximum atomic E-state index is 9.24. The molecule has 0 spiro atoms.